The van der Waals surface area contributed by atoms with Crippen molar-refractivity contribution in [1.29, 1.82) is 0 Å². The number of hydrogen-bond donors (Lipinski definition) is 2. The summed E-state index contributed by atoms with van der Waals surface area (Å²) in [4.78, 5) is 4.58. The molecule has 2 aromatic carbocycles. The lowest BCUT2D eigenvalue weighted by Crippen LogP contribution is -2.09. The van der Waals surface area contributed by atoms with Gasteiger partial charge in [0.2, 0.25) is 0 Å². The molecule has 28 heavy (non-hydrogen) atoms. The molecule has 0 amide bonds. The fourth-order valence-corrected chi connectivity index (χ4v) is 3.70. The van der Waals surface area contributed by atoms with Crippen LogP contribution in [0.4, 0.5) is 11.4 Å². The van der Waals surface area contributed by atoms with Gasteiger partial charge in [0, 0.05) is 17.0 Å². The molecule has 0 bridgehead atoms. The van der Waals surface area contributed by atoms with Crippen molar-refractivity contribution in [3.63, 3.8) is 0 Å². The van der Waals surface area contributed by atoms with Crippen LogP contribution in [0.3, 0.4) is 0 Å². The molecule has 0 spiro atoms. The van der Waals surface area contributed by atoms with E-state index >= 15 is 0 Å². The number of pyridine rings is 1. The molecule has 4 aromatic rings. The van der Waals surface area contributed by atoms with E-state index in [9.17, 15) is 0 Å². The summed E-state index contributed by atoms with van der Waals surface area (Å²) in [5, 5.41) is 8.68. The standard InChI is InChI=1S/C23H24N4O/c1-13-10-19-21(11-18(13)22-15(3)27-28-16(22)4)25-12-20(24)23(19)26-14(2)17-8-6-5-7-9-17/h5-12,14H,24H2,1-4H3,(H,25,26)/t14-/m1/s1. The van der Waals surface area contributed by atoms with Crippen LogP contribution in [0, 0.1) is 20.8 Å². The molecule has 0 unspecified atom stereocenters. The number of aromatic nitrogens is 2. The van der Waals surface area contributed by atoms with E-state index in [1.165, 1.54) is 5.56 Å². The first-order valence-electron chi connectivity index (χ1n) is 9.39. The molecule has 142 valence electrons. The molecular formula is C23H24N4O. The van der Waals surface area contributed by atoms with Crippen LogP contribution in [0.5, 0.6) is 0 Å². The van der Waals surface area contributed by atoms with Gasteiger partial charge >= 0.3 is 0 Å². The van der Waals surface area contributed by atoms with Crippen molar-refractivity contribution in [1.82, 2.24) is 10.1 Å². The maximum Gasteiger partial charge on any atom is 0.141 e. The van der Waals surface area contributed by atoms with Gasteiger partial charge in [-0.3, -0.25) is 4.98 Å². The summed E-state index contributed by atoms with van der Waals surface area (Å²) in [5.74, 6) is 0.812. The molecule has 2 aromatic heterocycles. The number of nitrogens with zero attached hydrogens (tertiary/aromatic N) is 2. The van der Waals surface area contributed by atoms with E-state index in [-0.39, 0.29) is 6.04 Å². The van der Waals surface area contributed by atoms with E-state index in [1.54, 1.807) is 6.20 Å². The predicted molar refractivity (Wildman–Crippen MR) is 114 cm³/mol. The van der Waals surface area contributed by atoms with Gasteiger partial charge in [0.05, 0.1) is 28.8 Å². The second-order valence-electron chi connectivity index (χ2n) is 7.25. The number of fused-ring (bicyclic) bond motifs is 1. The molecule has 5 heteroatoms. The number of nitrogens with one attached hydrogen (secondary N) is 1. The topological polar surface area (TPSA) is 77.0 Å². The zero-order valence-corrected chi connectivity index (χ0v) is 16.6. The molecule has 1 atom stereocenters. The number of anilines is 2. The lowest BCUT2D eigenvalue weighted by Gasteiger charge is -2.19. The predicted octanol–water partition coefficient (Wildman–Crippen LogP) is 5.57. The Morgan fingerprint density at radius 1 is 1.07 bits per heavy atom. The van der Waals surface area contributed by atoms with Gasteiger partial charge in [-0.25, -0.2) is 0 Å². The van der Waals surface area contributed by atoms with Gasteiger partial charge in [-0.1, -0.05) is 35.5 Å². The molecule has 0 aliphatic rings. The van der Waals surface area contributed by atoms with Crippen LogP contribution in [0.2, 0.25) is 0 Å². The monoisotopic (exact) mass is 372 g/mol. The van der Waals surface area contributed by atoms with E-state index in [0.717, 1.165) is 44.7 Å². The van der Waals surface area contributed by atoms with E-state index < -0.39 is 0 Å². The molecule has 2 heterocycles. The highest BCUT2D eigenvalue weighted by Gasteiger charge is 2.17. The van der Waals surface area contributed by atoms with E-state index in [1.807, 2.05) is 32.0 Å². The Morgan fingerprint density at radius 3 is 2.50 bits per heavy atom. The van der Waals surface area contributed by atoms with Crippen molar-refractivity contribution in [2.45, 2.75) is 33.7 Å². The second kappa shape index (κ2) is 7.00. The molecule has 5 nitrogen and oxygen atoms in total. The minimum Gasteiger partial charge on any atom is -0.396 e. The number of nitrogens with two attached hydrogens (primary N) is 1. The third-order valence-electron chi connectivity index (χ3n) is 5.21. The van der Waals surface area contributed by atoms with E-state index in [2.05, 4.69) is 53.6 Å². The SMILES string of the molecule is Cc1cc2c(N[C@H](C)c3ccccc3)c(N)cnc2cc1-c1c(C)noc1C. The van der Waals surface area contributed by atoms with Crippen LogP contribution in [0.1, 0.15) is 35.5 Å². The van der Waals surface area contributed by atoms with Crippen molar-refractivity contribution < 1.29 is 4.52 Å². The smallest absolute Gasteiger partial charge is 0.141 e. The number of rotatable bonds is 4. The number of benzene rings is 2. The number of aryl methyl sites for hydroxylation is 3. The average Bonchev–Trinajstić information content (AvgIpc) is 3.03. The van der Waals surface area contributed by atoms with Crippen LogP contribution >= 0.6 is 0 Å². The van der Waals surface area contributed by atoms with Crippen LogP contribution in [-0.4, -0.2) is 10.1 Å². The van der Waals surface area contributed by atoms with Crippen molar-refractivity contribution in [3.8, 4) is 11.1 Å². The zero-order chi connectivity index (χ0) is 19.8. The van der Waals surface area contributed by atoms with Crippen LogP contribution in [0.25, 0.3) is 22.0 Å². The fourth-order valence-electron chi connectivity index (χ4n) is 3.70. The molecule has 4 rings (SSSR count). The highest BCUT2D eigenvalue weighted by atomic mass is 16.5. The fraction of sp³-hybridized carbons (Fsp3) is 0.217. The molecule has 0 saturated carbocycles. The Hall–Kier alpha value is -3.34. The largest absolute Gasteiger partial charge is 0.396 e. The molecule has 0 radical (unpaired) electrons. The normalized spacial score (nSPS) is 12.3. The first-order chi connectivity index (χ1) is 13.5. The maximum absolute atomic E-state index is 6.29. The summed E-state index contributed by atoms with van der Waals surface area (Å²) in [5.41, 5.74) is 14.1. The summed E-state index contributed by atoms with van der Waals surface area (Å²) in [6, 6.07) is 14.7. The third-order valence-corrected chi connectivity index (χ3v) is 5.21. The highest BCUT2D eigenvalue weighted by molar-refractivity contribution is 6.00. The van der Waals surface area contributed by atoms with Crippen molar-refractivity contribution in [3.05, 3.63) is 71.2 Å². The number of hydrogen-bond acceptors (Lipinski definition) is 5. The molecular weight excluding hydrogens is 348 g/mol. The van der Waals surface area contributed by atoms with Gasteiger partial charge in [0.25, 0.3) is 0 Å². The molecule has 0 saturated heterocycles. The van der Waals surface area contributed by atoms with E-state index in [4.69, 9.17) is 10.3 Å². The van der Waals surface area contributed by atoms with E-state index in [0.29, 0.717) is 5.69 Å². The highest BCUT2D eigenvalue weighted by Crippen LogP contribution is 2.37. The summed E-state index contributed by atoms with van der Waals surface area (Å²) in [7, 11) is 0. The average molecular weight is 372 g/mol. The third kappa shape index (κ3) is 3.09. The maximum atomic E-state index is 6.29. The zero-order valence-electron chi connectivity index (χ0n) is 16.6. The van der Waals surface area contributed by atoms with Gasteiger partial charge in [0.1, 0.15) is 5.76 Å². The molecule has 0 aliphatic carbocycles. The molecule has 0 aliphatic heterocycles. The Balaban J connectivity index is 1.82. The van der Waals surface area contributed by atoms with Gasteiger partial charge in [-0.15, -0.1) is 0 Å². The van der Waals surface area contributed by atoms with Crippen molar-refractivity contribution in [2.24, 2.45) is 0 Å². The van der Waals surface area contributed by atoms with Crippen LogP contribution in [0.15, 0.2) is 53.2 Å². The molecule has 3 N–H and O–H groups in total. The Morgan fingerprint density at radius 2 is 1.82 bits per heavy atom. The van der Waals surface area contributed by atoms with Gasteiger partial charge < -0.3 is 15.6 Å². The van der Waals surface area contributed by atoms with Gasteiger partial charge in [-0.2, -0.15) is 0 Å². The minimum atomic E-state index is 0.122. The molecule has 0 fully saturated rings. The summed E-state index contributed by atoms with van der Waals surface area (Å²) >= 11 is 0. The second-order valence-corrected chi connectivity index (χ2v) is 7.25. The Labute approximate surface area is 164 Å². The van der Waals surface area contributed by atoms with Crippen LogP contribution in [-0.2, 0) is 0 Å². The lowest BCUT2D eigenvalue weighted by atomic mass is 9.96. The van der Waals surface area contributed by atoms with Crippen LogP contribution < -0.4 is 11.1 Å². The van der Waals surface area contributed by atoms with Gasteiger partial charge in [0.15, 0.2) is 0 Å². The minimum absolute atomic E-state index is 0.122. The first kappa shape index (κ1) is 18.0. The number of nitrogen functional groups attached to an aromatic ring is 1. The first-order valence-corrected chi connectivity index (χ1v) is 9.39. The lowest BCUT2D eigenvalue weighted by molar-refractivity contribution is 0.393. The quantitative estimate of drug-likeness (QED) is 0.490. The van der Waals surface area contributed by atoms with Gasteiger partial charge in [-0.05, 0) is 56.5 Å². The summed E-state index contributed by atoms with van der Waals surface area (Å²) < 4.78 is 5.36. The van der Waals surface area contributed by atoms with Crippen molar-refractivity contribution >= 4 is 22.3 Å². The summed E-state index contributed by atoms with van der Waals surface area (Å²) in [6.45, 7) is 8.12. The Kier molecular flexibility index (Phi) is 4.51. The van der Waals surface area contributed by atoms with Crippen molar-refractivity contribution in [2.75, 3.05) is 11.1 Å². The Bertz CT molecular complexity index is 1130. The summed E-state index contributed by atoms with van der Waals surface area (Å²) in [6.07, 6.45) is 1.72.